The van der Waals surface area contributed by atoms with Crippen molar-refractivity contribution < 1.29 is 17.9 Å². The Morgan fingerprint density at radius 3 is 2.50 bits per heavy atom. The van der Waals surface area contributed by atoms with E-state index in [9.17, 15) is 13.2 Å². The number of fused-ring (bicyclic) bond motifs is 1. The minimum absolute atomic E-state index is 0.00536. The number of benzene rings is 2. The van der Waals surface area contributed by atoms with Gasteiger partial charge in [0.1, 0.15) is 0 Å². The first kappa shape index (κ1) is 19.1. The van der Waals surface area contributed by atoms with Gasteiger partial charge in [-0.25, -0.2) is 8.42 Å². The number of aryl methyl sites for hydroxylation is 1. The molecule has 2 aromatic carbocycles. The number of nitrogens with zero attached hydrogens (tertiary/aromatic N) is 1. The molecule has 0 saturated carbocycles. The highest BCUT2D eigenvalue weighted by atomic mass is 32.2. The van der Waals surface area contributed by atoms with Gasteiger partial charge in [0.15, 0.2) is 0 Å². The number of sulfonamides is 1. The van der Waals surface area contributed by atoms with Crippen molar-refractivity contribution in [1.29, 1.82) is 0 Å². The summed E-state index contributed by atoms with van der Waals surface area (Å²) in [6.45, 7) is 1.52. The Morgan fingerprint density at radius 1 is 1.04 bits per heavy atom. The second kappa shape index (κ2) is 8.03. The molecule has 0 aromatic heterocycles. The molecule has 0 unspecified atom stereocenters. The van der Waals surface area contributed by atoms with Crippen LogP contribution in [0.15, 0.2) is 53.4 Å². The molecule has 6 nitrogen and oxygen atoms in total. The summed E-state index contributed by atoms with van der Waals surface area (Å²) in [4.78, 5) is 12.9. The van der Waals surface area contributed by atoms with Crippen molar-refractivity contribution in [3.05, 3.63) is 65.2 Å². The number of carbonyl (C=O) groups is 1. The lowest BCUT2D eigenvalue weighted by Crippen LogP contribution is -2.40. The smallest absolute Gasteiger partial charge is 0.251 e. The molecular weight excluding hydrogens is 376 g/mol. The van der Waals surface area contributed by atoms with E-state index < -0.39 is 10.0 Å². The van der Waals surface area contributed by atoms with Crippen LogP contribution in [0.4, 0.5) is 0 Å². The lowest BCUT2D eigenvalue weighted by Gasteiger charge is -2.27. The molecule has 1 heterocycles. The standard InChI is InChI=1S/C21H24N2O4S/c24-21(22-20-7-3-5-16-4-1-2-6-19(16)20)17-8-10-18(11-9-17)28(25,26)23-12-14-27-15-13-23/h1-2,4,6,8-11,20H,3,5,7,12-15H2,(H,22,24)/t20-/m0/s1. The Kier molecular flexibility index (Phi) is 5.48. The van der Waals surface area contributed by atoms with Gasteiger partial charge < -0.3 is 10.1 Å². The summed E-state index contributed by atoms with van der Waals surface area (Å²) in [5, 5.41) is 3.10. The topological polar surface area (TPSA) is 75.7 Å². The normalized spacial score (nSPS) is 20.4. The molecule has 1 N–H and O–H groups in total. The predicted molar refractivity (Wildman–Crippen MR) is 106 cm³/mol. The summed E-state index contributed by atoms with van der Waals surface area (Å²) in [6, 6.07) is 14.4. The van der Waals surface area contributed by atoms with E-state index >= 15 is 0 Å². The SMILES string of the molecule is O=C(N[C@H]1CCCc2ccccc21)c1ccc(S(=O)(=O)N2CCOCC2)cc1. The van der Waals surface area contributed by atoms with Crippen molar-refractivity contribution >= 4 is 15.9 Å². The van der Waals surface area contributed by atoms with Crippen LogP contribution in [0.2, 0.25) is 0 Å². The molecule has 1 aliphatic heterocycles. The number of ether oxygens (including phenoxy) is 1. The van der Waals surface area contributed by atoms with Crippen molar-refractivity contribution in [3.63, 3.8) is 0 Å². The molecule has 0 radical (unpaired) electrons. The number of morpholine rings is 1. The molecule has 2 aromatic rings. The average molecular weight is 401 g/mol. The third-order valence-corrected chi connectivity index (χ3v) is 7.31. The molecule has 0 bridgehead atoms. The lowest BCUT2D eigenvalue weighted by atomic mass is 9.87. The van der Waals surface area contributed by atoms with Crippen LogP contribution in [-0.2, 0) is 21.2 Å². The fourth-order valence-corrected chi connectivity index (χ4v) is 5.27. The third-order valence-electron chi connectivity index (χ3n) is 5.40. The maximum Gasteiger partial charge on any atom is 0.251 e. The van der Waals surface area contributed by atoms with Gasteiger partial charge in [-0.3, -0.25) is 4.79 Å². The monoisotopic (exact) mass is 400 g/mol. The quantitative estimate of drug-likeness (QED) is 0.856. The minimum atomic E-state index is -3.55. The van der Waals surface area contributed by atoms with E-state index in [2.05, 4.69) is 17.4 Å². The second-order valence-electron chi connectivity index (χ2n) is 7.16. The fraction of sp³-hybridized carbons (Fsp3) is 0.381. The van der Waals surface area contributed by atoms with Gasteiger partial charge in [0.25, 0.3) is 5.91 Å². The van der Waals surface area contributed by atoms with E-state index in [1.165, 1.54) is 27.6 Å². The number of carbonyl (C=O) groups excluding carboxylic acids is 1. The highest BCUT2D eigenvalue weighted by molar-refractivity contribution is 7.89. The minimum Gasteiger partial charge on any atom is -0.379 e. The first-order valence-corrected chi connectivity index (χ1v) is 11.1. The van der Waals surface area contributed by atoms with Crippen molar-refractivity contribution in [1.82, 2.24) is 9.62 Å². The van der Waals surface area contributed by atoms with Crippen LogP contribution in [0.3, 0.4) is 0 Å². The van der Waals surface area contributed by atoms with Crippen LogP contribution in [-0.4, -0.2) is 44.9 Å². The van der Waals surface area contributed by atoms with Gasteiger partial charge in [-0.15, -0.1) is 0 Å². The van der Waals surface area contributed by atoms with Crippen LogP contribution in [0.25, 0.3) is 0 Å². The molecular formula is C21H24N2O4S. The first-order chi connectivity index (χ1) is 13.6. The second-order valence-corrected chi connectivity index (χ2v) is 9.10. The summed E-state index contributed by atoms with van der Waals surface area (Å²) in [7, 11) is -3.55. The lowest BCUT2D eigenvalue weighted by molar-refractivity contribution is 0.0730. The number of amides is 1. The third kappa shape index (κ3) is 3.83. The Labute approximate surface area is 165 Å². The Bertz CT molecular complexity index is 951. The Morgan fingerprint density at radius 2 is 1.75 bits per heavy atom. The van der Waals surface area contributed by atoms with E-state index in [1.807, 2.05) is 12.1 Å². The maximum absolute atomic E-state index is 12.7. The molecule has 2 aliphatic rings. The highest BCUT2D eigenvalue weighted by Gasteiger charge is 2.27. The molecule has 28 heavy (non-hydrogen) atoms. The zero-order valence-electron chi connectivity index (χ0n) is 15.6. The molecule has 7 heteroatoms. The van der Waals surface area contributed by atoms with E-state index in [4.69, 9.17) is 4.74 Å². The van der Waals surface area contributed by atoms with Crippen LogP contribution < -0.4 is 5.32 Å². The van der Waals surface area contributed by atoms with E-state index in [-0.39, 0.29) is 16.8 Å². The number of hydrogen-bond acceptors (Lipinski definition) is 4. The summed E-state index contributed by atoms with van der Waals surface area (Å²) < 4.78 is 32.0. The van der Waals surface area contributed by atoms with E-state index in [0.29, 0.717) is 31.9 Å². The summed E-state index contributed by atoms with van der Waals surface area (Å²) in [5.74, 6) is -0.183. The molecule has 0 spiro atoms. The molecule has 1 aliphatic carbocycles. The zero-order chi connectivity index (χ0) is 19.6. The Balaban J connectivity index is 1.48. The van der Waals surface area contributed by atoms with Gasteiger partial charge in [0.05, 0.1) is 24.2 Å². The van der Waals surface area contributed by atoms with Crippen molar-refractivity contribution in [2.24, 2.45) is 0 Å². The van der Waals surface area contributed by atoms with E-state index in [0.717, 1.165) is 19.3 Å². The van der Waals surface area contributed by atoms with Gasteiger partial charge in [0.2, 0.25) is 10.0 Å². The average Bonchev–Trinajstić information content (AvgIpc) is 2.75. The molecule has 1 amide bonds. The molecule has 148 valence electrons. The van der Waals surface area contributed by atoms with Gasteiger partial charge in [0, 0.05) is 18.7 Å². The van der Waals surface area contributed by atoms with Crippen molar-refractivity contribution in [2.45, 2.75) is 30.2 Å². The zero-order valence-corrected chi connectivity index (χ0v) is 16.5. The van der Waals surface area contributed by atoms with Gasteiger partial charge in [-0.1, -0.05) is 24.3 Å². The van der Waals surface area contributed by atoms with Crippen molar-refractivity contribution in [2.75, 3.05) is 26.3 Å². The highest BCUT2D eigenvalue weighted by Crippen LogP contribution is 2.29. The van der Waals surface area contributed by atoms with E-state index in [1.54, 1.807) is 12.1 Å². The summed E-state index contributed by atoms with van der Waals surface area (Å²) in [6.07, 6.45) is 2.99. The van der Waals surface area contributed by atoms with Gasteiger partial charge in [-0.05, 0) is 54.7 Å². The molecule has 1 atom stereocenters. The van der Waals surface area contributed by atoms with Crippen LogP contribution in [0.1, 0.15) is 40.4 Å². The predicted octanol–water partition coefficient (Wildman–Crippen LogP) is 2.51. The van der Waals surface area contributed by atoms with Crippen LogP contribution in [0.5, 0.6) is 0 Å². The molecule has 1 fully saturated rings. The molecule has 1 saturated heterocycles. The number of rotatable bonds is 4. The number of nitrogens with one attached hydrogen (secondary N) is 1. The maximum atomic E-state index is 12.7. The molecule has 4 rings (SSSR count). The van der Waals surface area contributed by atoms with Crippen LogP contribution in [0, 0.1) is 0 Å². The van der Waals surface area contributed by atoms with Crippen molar-refractivity contribution in [3.8, 4) is 0 Å². The fourth-order valence-electron chi connectivity index (χ4n) is 3.86. The number of hydrogen-bond donors (Lipinski definition) is 1. The van der Waals surface area contributed by atoms with Gasteiger partial charge in [-0.2, -0.15) is 4.31 Å². The summed E-state index contributed by atoms with van der Waals surface area (Å²) in [5.41, 5.74) is 2.92. The summed E-state index contributed by atoms with van der Waals surface area (Å²) >= 11 is 0. The van der Waals surface area contributed by atoms with Gasteiger partial charge >= 0.3 is 0 Å². The largest absolute Gasteiger partial charge is 0.379 e. The Hall–Kier alpha value is -2.22. The van der Waals surface area contributed by atoms with Crippen LogP contribution >= 0.6 is 0 Å². The first-order valence-electron chi connectivity index (χ1n) is 9.62.